The molecule has 104 valence electrons. The summed E-state index contributed by atoms with van der Waals surface area (Å²) in [6.45, 7) is 3.10. The minimum atomic E-state index is -0.828. The SMILES string of the molecule is CCSCCN(Cc1ccccc1)C(=O)NC(N)=O. The van der Waals surface area contributed by atoms with E-state index in [0.717, 1.165) is 17.1 Å². The molecule has 0 fully saturated rings. The van der Waals surface area contributed by atoms with Gasteiger partial charge in [-0.2, -0.15) is 11.8 Å². The second kappa shape index (κ2) is 8.42. The van der Waals surface area contributed by atoms with Crippen molar-refractivity contribution in [2.24, 2.45) is 5.73 Å². The molecule has 1 rings (SSSR count). The van der Waals surface area contributed by atoms with Crippen molar-refractivity contribution in [3.63, 3.8) is 0 Å². The van der Waals surface area contributed by atoms with E-state index in [2.05, 4.69) is 12.2 Å². The first-order valence-corrected chi connectivity index (χ1v) is 7.26. The van der Waals surface area contributed by atoms with Gasteiger partial charge in [-0.25, -0.2) is 9.59 Å². The van der Waals surface area contributed by atoms with Gasteiger partial charge in [-0.3, -0.25) is 5.32 Å². The average Bonchev–Trinajstić information content (AvgIpc) is 2.38. The molecule has 0 radical (unpaired) electrons. The van der Waals surface area contributed by atoms with Crippen LogP contribution in [0.4, 0.5) is 9.59 Å². The lowest BCUT2D eigenvalue weighted by molar-refractivity contribution is 0.197. The number of thioether (sulfide) groups is 1. The van der Waals surface area contributed by atoms with Crippen molar-refractivity contribution >= 4 is 23.8 Å². The molecule has 0 bridgehead atoms. The number of primary amides is 1. The van der Waals surface area contributed by atoms with Crippen LogP contribution in [0.15, 0.2) is 30.3 Å². The third-order valence-electron chi connectivity index (χ3n) is 2.44. The Balaban J connectivity index is 2.63. The largest absolute Gasteiger partial charge is 0.351 e. The highest BCUT2D eigenvalue weighted by Gasteiger charge is 2.14. The number of nitrogens with one attached hydrogen (secondary N) is 1. The molecule has 0 saturated heterocycles. The number of hydrogen-bond acceptors (Lipinski definition) is 3. The highest BCUT2D eigenvalue weighted by Crippen LogP contribution is 2.07. The summed E-state index contributed by atoms with van der Waals surface area (Å²) in [7, 11) is 0. The molecule has 4 amide bonds. The molecule has 0 aliphatic rings. The maximum Gasteiger partial charge on any atom is 0.325 e. The highest BCUT2D eigenvalue weighted by atomic mass is 32.2. The lowest BCUT2D eigenvalue weighted by atomic mass is 10.2. The van der Waals surface area contributed by atoms with Gasteiger partial charge in [-0.1, -0.05) is 37.3 Å². The van der Waals surface area contributed by atoms with E-state index in [1.165, 1.54) is 0 Å². The molecule has 0 spiro atoms. The number of nitrogens with two attached hydrogens (primary N) is 1. The first kappa shape index (κ1) is 15.4. The second-order valence-electron chi connectivity index (χ2n) is 3.90. The Kier molecular flexibility index (Phi) is 6.81. The van der Waals surface area contributed by atoms with Crippen LogP contribution in [0, 0.1) is 0 Å². The molecule has 1 aromatic carbocycles. The Labute approximate surface area is 117 Å². The van der Waals surface area contributed by atoms with Crippen LogP contribution >= 0.6 is 11.8 Å². The number of urea groups is 2. The van der Waals surface area contributed by atoms with Gasteiger partial charge in [0.1, 0.15) is 0 Å². The lowest BCUT2D eigenvalue weighted by Crippen LogP contribution is -2.45. The second-order valence-corrected chi connectivity index (χ2v) is 5.29. The first-order valence-electron chi connectivity index (χ1n) is 6.10. The van der Waals surface area contributed by atoms with Crippen molar-refractivity contribution in [2.45, 2.75) is 13.5 Å². The van der Waals surface area contributed by atoms with E-state index in [0.29, 0.717) is 13.1 Å². The van der Waals surface area contributed by atoms with Crippen LogP contribution in [0.3, 0.4) is 0 Å². The molecule has 0 aromatic heterocycles. The average molecular weight is 281 g/mol. The molecule has 0 aliphatic carbocycles. The summed E-state index contributed by atoms with van der Waals surface area (Å²) in [4.78, 5) is 24.2. The Morgan fingerprint density at radius 1 is 1.32 bits per heavy atom. The normalized spacial score (nSPS) is 9.95. The minimum Gasteiger partial charge on any atom is -0.351 e. The smallest absolute Gasteiger partial charge is 0.325 e. The molecular weight excluding hydrogens is 262 g/mol. The van der Waals surface area contributed by atoms with Crippen molar-refractivity contribution in [1.82, 2.24) is 10.2 Å². The molecule has 1 aromatic rings. The molecule has 0 heterocycles. The summed E-state index contributed by atoms with van der Waals surface area (Å²) >= 11 is 1.75. The highest BCUT2D eigenvalue weighted by molar-refractivity contribution is 7.99. The van der Waals surface area contributed by atoms with Crippen molar-refractivity contribution in [3.05, 3.63) is 35.9 Å². The molecule has 19 heavy (non-hydrogen) atoms. The number of amides is 4. The third kappa shape index (κ3) is 6.15. The van der Waals surface area contributed by atoms with Crippen LogP contribution in [0.25, 0.3) is 0 Å². The molecule has 3 N–H and O–H groups in total. The zero-order valence-electron chi connectivity index (χ0n) is 11.0. The molecule has 0 aliphatic heterocycles. The van der Waals surface area contributed by atoms with Crippen molar-refractivity contribution < 1.29 is 9.59 Å². The Morgan fingerprint density at radius 3 is 2.58 bits per heavy atom. The number of rotatable bonds is 6. The van der Waals surface area contributed by atoms with Crippen molar-refractivity contribution in [1.29, 1.82) is 0 Å². The Morgan fingerprint density at radius 2 is 2.00 bits per heavy atom. The van der Waals surface area contributed by atoms with Gasteiger partial charge in [0.15, 0.2) is 0 Å². The van der Waals surface area contributed by atoms with Gasteiger partial charge in [-0.15, -0.1) is 0 Å². The fourth-order valence-electron chi connectivity index (χ4n) is 1.56. The Bertz CT molecular complexity index is 412. The van der Waals surface area contributed by atoms with Crippen molar-refractivity contribution in [3.8, 4) is 0 Å². The number of benzene rings is 1. The quantitative estimate of drug-likeness (QED) is 0.783. The van der Waals surface area contributed by atoms with E-state index in [9.17, 15) is 9.59 Å². The number of carbonyl (C=O) groups excluding carboxylic acids is 2. The van der Waals surface area contributed by atoms with Gasteiger partial charge in [0.05, 0.1) is 0 Å². The number of imide groups is 1. The molecule has 0 atom stereocenters. The van der Waals surface area contributed by atoms with Crippen LogP contribution in [-0.2, 0) is 6.54 Å². The maximum absolute atomic E-state index is 11.9. The van der Waals surface area contributed by atoms with Gasteiger partial charge in [0, 0.05) is 18.8 Å². The van der Waals surface area contributed by atoms with Gasteiger partial charge in [-0.05, 0) is 11.3 Å². The lowest BCUT2D eigenvalue weighted by Gasteiger charge is -2.22. The van der Waals surface area contributed by atoms with E-state index < -0.39 is 12.1 Å². The third-order valence-corrected chi connectivity index (χ3v) is 3.32. The topological polar surface area (TPSA) is 75.4 Å². The molecule has 5 nitrogen and oxygen atoms in total. The Hall–Kier alpha value is -1.69. The predicted molar refractivity (Wildman–Crippen MR) is 78.0 cm³/mol. The minimum absolute atomic E-state index is 0.451. The summed E-state index contributed by atoms with van der Waals surface area (Å²) < 4.78 is 0. The van der Waals surface area contributed by atoms with E-state index in [1.54, 1.807) is 16.7 Å². The van der Waals surface area contributed by atoms with E-state index in [4.69, 9.17) is 5.73 Å². The molecule has 0 saturated carbocycles. The van der Waals surface area contributed by atoms with Gasteiger partial charge < -0.3 is 10.6 Å². The monoisotopic (exact) mass is 281 g/mol. The molecule has 0 unspecified atom stereocenters. The van der Waals surface area contributed by atoms with Crippen LogP contribution in [0.5, 0.6) is 0 Å². The fourth-order valence-corrected chi connectivity index (χ4v) is 2.20. The van der Waals surface area contributed by atoms with Crippen LogP contribution in [0.2, 0.25) is 0 Å². The van der Waals surface area contributed by atoms with E-state index in [-0.39, 0.29) is 0 Å². The maximum atomic E-state index is 11.9. The van der Waals surface area contributed by atoms with Crippen LogP contribution < -0.4 is 11.1 Å². The number of carbonyl (C=O) groups is 2. The molecule has 6 heteroatoms. The van der Waals surface area contributed by atoms with Gasteiger partial charge >= 0.3 is 12.1 Å². The summed E-state index contributed by atoms with van der Waals surface area (Å²) in [5, 5.41) is 2.11. The summed E-state index contributed by atoms with van der Waals surface area (Å²) in [6.07, 6.45) is 0. The molecular formula is C13H19N3O2S. The van der Waals surface area contributed by atoms with Crippen LogP contribution in [0.1, 0.15) is 12.5 Å². The number of nitrogens with zero attached hydrogens (tertiary/aromatic N) is 1. The fraction of sp³-hybridized carbons (Fsp3) is 0.385. The zero-order valence-corrected chi connectivity index (χ0v) is 11.8. The summed E-state index contributed by atoms with van der Waals surface area (Å²) in [6, 6.07) is 8.36. The van der Waals surface area contributed by atoms with Crippen molar-refractivity contribution in [2.75, 3.05) is 18.1 Å². The van der Waals surface area contributed by atoms with Gasteiger partial charge in [0.2, 0.25) is 0 Å². The summed E-state index contributed by atoms with van der Waals surface area (Å²) in [5.41, 5.74) is 5.99. The van der Waals surface area contributed by atoms with Crippen LogP contribution in [-0.4, -0.2) is 35.0 Å². The standard InChI is InChI=1S/C13H19N3O2S/c1-2-19-9-8-16(13(18)15-12(14)17)10-11-6-4-3-5-7-11/h3-7H,2,8-10H2,1H3,(H3,14,15,17,18). The van der Waals surface area contributed by atoms with Gasteiger partial charge in [0.25, 0.3) is 0 Å². The van der Waals surface area contributed by atoms with E-state index in [1.807, 2.05) is 30.3 Å². The van der Waals surface area contributed by atoms with E-state index >= 15 is 0 Å². The zero-order chi connectivity index (χ0) is 14.1. The first-order chi connectivity index (χ1) is 9.13. The predicted octanol–water partition coefficient (Wildman–Crippen LogP) is 2.03. The number of hydrogen-bond donors (Lipinski definition) is 2. The summed E-state index contributed by atoms with van der Waals surface area (Å²) in [5.74, 6) is 1.83.